The van der Waals surface area contributed by atoms with Gasteiger partial charge in [0.25, 0.3) is 0 Å². The lowest BCUT2D eigenvalue weighted by Crippen LogP contribution is -2.49. The fourth-order valence-electron chi connectivity index (χ4n) is 1.61. The first-order chi connectivity index (χ1) is 8.35. The molecule has 0 amide bonds. The van der Waals surface area contributed by atoms with E-state index in [4.69, 9.17) is 15.2 Å². The second-order valence-electron chi connectivity index (χ2n) is 5.01. The molecule has 1 unspecified atom stereocenters. The van der Waals surface area contributed by atoms with Gasteiger partial charge in [-0.2, -0.15) is 0 Å². The lowest BCUT2D eigenvalue weighted by molar-refractivity contribution is -0.149. The summed E-state index contributed by atoms with van der Waals surface area (Å²) in [4.78, 5) is 13.9. The van der Waals surface area contributed by atoms with E-state index in [1.807, 2.05) is 0 Å². The number of carbonyl (C=O) groups is 1. The first-order valence-corrected chi connectivity index (χ1v) is 6.54. The zero-order chi connectivity index (χ0) is 14.2. The van der Waals surface area contributed by atoms with Gasteiger partial charge in [0.2, 0.25) is 0 Å². The van der Waals surface area contributed by atoms with E-state index >= 15 is 0 Å². The number of hydrogen-bond donors (Lipinski definition) is 1. The van der Waals surface area contributed by atoms with Crippen LogP contribution in [0.1, 0.15) is 34.1 Å². The van der Waals surface area contributed by atoms with Gasteiger partial charge in [-0.25, -0.2) is 0 Å². The van der Waals surface area contributed by atoms with E-state index in [1.165, 1.54) is 0 Å². The Morgan fingerprint density at radius 2 is 2.00 bits per heavy atom. The zero-order valence-electron chi connectivity index (χ0n) is 12.4. The van der Waals surface area contributed by atoms with Crippen molar-refractivity contribution >= 4 is 5.97 Å². The van der Waals surface area contributed by atoms with Crippen LogP contribution in [0.4, 0.5) is 0 Å². The molecule has 0 rings (SSSR count). The van der Waals surface area contributed by atoms with Gasteiger partial charge in [-0.15, -0.1) is 0 Å². The maximum absolute atomic E-state index is 11.7. The van der Waals surface area contributed by atoms with Gasteiger partial charge in [0, 0.05) is 26.2 Å². The summed E-state index contributed by atoms with van der Waals surface area (Å²) in [6.45, 7) is 10.4. The number of hydrogen-bond acceptors (Lipinski definition) is 5. The van der Waals surface area contributed by atoms with Gasteiger partial charge in [0.15, 0.2) is 0 Å². The molecule has 0 radical (unpaired) electrons. The number of methoxy groups -OCH3 is 1. The molecule has 1 atom stereocenters. The van der Waals surface area contributed by atoms with Crippen molar-refractivity contribution < 1.29 is 14.3 Å². The summed E-state index contributed by atoms with van der Waals surface area (Å²) in [5.41, 5.74) is 5.07. The topological polar surface area (TPSA) is 64.8 Å². The van der Waals surface area contributed by atoms with E-state index < -0.39 is 5.54 Å². The second kappa shape index (κ2) is 8.45. The molecule has 0 aliphatic rings. The summed E-state index contributed by atoms with van der Waals surface area (Å²) in [6.07, 6.45) is 0.577. The first-order valence-electron chi connectivity index (χ1n) is 6.54. The molecular weight excluding hydrogens is 232 g/mol. The second-order valence-corrected chi connectivity index (χ2v) is 5.01. The molecule has 0 fully saturated rings. The molecule has 108 valence electrons. The predicted molar refractivity (Wildman–Crippen MR) is 72.4 cm³/mol. The molecule has 0 heterocycles. The van der Waals surface area contributed by atoms with E-state index in [1.54, 1.807) is 21.0 Å². The van der Waals surface area contributed by atoms with Crippen molar-refractivity contribution in [3.8, 4) is 0 Å². The molecule has 2 N–H and O–H groups in total. The molecule has 0 aromatic carbocycles. The molecule has 0 saturated heterocycles. The van der Waals surface area contributed by atoms with Gasteiger partial charge in [-0.3, -0.25) is 9.69 Å². The highest BCUT2D eigenvalue weighted by Gasteiger charge is 2.30. The molecule has 0 aliphatic heterocycles. The van der Waals surface area contributed by atoms with Crippen LogP contribution < -0.4 is 5.73 Å². The van der Waals surface area contributed by atoms with Crippen LogP contribution in [0.15, 0.2) is 0 Å². The van der Waals surface area contributed by atoms with Gasteiger partial charge >= 0.3 is 5.97 Å². The molecule has 0 aromatic heterocycles. The van der Waals surface area contributed by atoms with Gasteiger partial charge in [0.1, 0.15) is 5.54 Å². The van der Waals surface area contributed by atoms with E-state index in [-0.39, 0.29) is 5.97 Å². The van der Waals surface area contributed by atoms with Crippen molar-refractivity contribution in [1.82, 2.24) is 4.90 Å². The van der Waals surface area contributed by atoms with Crippen LogP contribution in [0.2, 0.25) is 0 Å². The van der Waals surface area contributed by atoms with Crippen molar-refractivity contribution in [2.24, 2.45) is 5.73 Å². The molecule has 18 heavy (non-hydrogen) atoms. The van der Waals surface area contributed by atoms with Crippen LogP contribution in [-0.2, 0) is 14.3 Å². The maximum Gasteiger partial charge on any atom is 0.325 e. The van der Waals surface area contributed by atoms with Crippen molar-refractivity contribution in [1.29, 1.82) is 0 Å². The van der Waals surface area contributed by atoms with Crippen LogP contribution in [0, 0.1) is 0 Å². The summed E-state index contributed by atoms with van der Waals surface area (Å²) in [5, 5.41) is 0. The minimum absolute atomic E-state index is 0.333. The lowest BCUT2D eigenvalue weighted by Gasteiger charge is -2.30. The molecule has 5 heteroatoms. The quantitative estimate of drug-likeness (QED) is 0.627. The van der Waals surface area contributed by atoms with Gasteiger partial charge < -0.3 is 15.2 Å². The highest BCUT2D eigenvalue weighted by Crippen LogP contribution is 2.11. The number of rotatable bonds is 9. The summed E-state index contributed by atoms with van der Waals surface area (Å²) >= 11 is 0. The monoisotopic (exact) mass is 260 g/mol. The fraction of sp³-hybridized carbons (Fsp3) is 0.923. The zero-order valence-corrected chi connectivity index (χ0v) is 12.4. The van der Waals surface area contributed by atoms with E-state index in [2.05, 4.69) is 18.7 Å². The van der Waals surface area contributed by atoms with Gasteiger partial charge in [0.05, 0.1) is 13.2 Å². The molecule has 0 aliphatic carbocycles. The summed E-state index contributed by atoms with van der Waals surface area (Å²) < 4.78 is 10.0. The minimum Gasteiger partial charge on any atom is -0.465 e. The minimum atomic E-state index is -0.920. The molecule has 5 nitrogen and oxygen atoms in total. The summed E-state index contributed by atoms with van der Waals surface area (Å²) in [5.74, 6) is -0.333. The average Bonchev–Trinajstić information content (AvgIpc) is 2.28. The Hall–Kier alpha value is -0.650. The Labute approximate surface area is 111 Å². The molecule has 0 aromatic rings. The Morgan fingerprint density at radius 3 is 2.44 bits per heavy atom. The van der Waals surface area contributed by atoms with Crippen molar-refractivity contribution in [3.63, 3.8) is 0 Å². The molecular formula is C13H28N2O3. The number of nitrogens with zero attached hydrogens (tertiary/aromatic N) is 1. The highest BCUT2D eigenvalue weighted by molar-refractivity contribution is 5.79. The third-order valence-corrected chi connectivity index (χ3v) is 2.97. The smallest absolute Gasteiger partial charge is 0.325 e. The number of esters is 1. The van der Waals surface area contributed by atoms with Crippen LogP contribution in [-0.4, -0.2) is 55.9 Å². The van der Waals surface area contributed by atoms with Crippen molar-refractivity contribution in [3.05, 3.63) is 0 Å². The molecule has 0 saturated carbocycles. The third-order valence-electron chi connectivity index (χ3n) is 2.97. The van der Waals surface area contributed by atoms with Crippen molar-refractivity contribution in [2.45, 2.75) is 45.7 Å². The van der Waals surface area contributed by atoms with Crippen LogP contribution in [0.3, 0.4) is 0 Å². The van der Waals surface area contributed by atoms with Crippen LogP contribution in [0.5, 0.6) is 0 Å². The van der Waals surface area contributed by atoms with Gasteiger partial charge in [-0.1, -0.05) is 0 Å². The Morgan fingerprint density at radius 1 is 1.39 bits per heavy atom. The number of carbonyl (C=O) groups excluding carboxylic acids is 1. The Balaban J connectivity index is 4.27. The Kier molecular flexibility index (Phi) is 8.15. The normalized spacial score (nSPS) is 14.9. The predicted octanol–water partition coefficient (Wildman–Crippen LogP) is 1.01. The first kappa shape index (κ1) is 17.4. The van der Waals surface area contributed by atoms with E-state index in [0.717, 1.165) is 13.1 Å². The van der Waals surface area contributed by atoms with Gasteiger partial charge in [-0.05, 0) is 34.1 Å². The SMILES string of the molecule is CCOC(=O)C(C)(N)CCN(CCOC)C(C)C. The summed E-state index contributed by atoms with van der Waals surface area (Å²) in [6, 6.07) is 0.401. The largest absolute Gasteiger partial charge is 0.465 e. The lowest BCUT2D eigenvalue weighted by atomic mass is 9.99. The maximum atomic E-state index is 11.7. The number of nitrogens with two attached hydrogens (primary N) is 1. The molecule has 0 spiro atoms. The van der Waals surface area contributed by atoms with E-state index in [9.17, 15) is 4.79 Å². The van der Waals surface area contributed by atoms with Crippen LogP contribution in [0.25, 0.3) is 0 Å². The van der Waals surface area contributed by atoms with E-state index in [0.29, 0.717) is 25.7 Å². The van der Waals surface area contributed by atoms with Crippen LogP contribution >= 0.6 is 0 Å². The molecule has 0 bridgehead atoms. The Bertz CT molecular complexity index is 242. The third kappa shape index (κ3) is 6.33. The van der Waals surface area contributed by atoms with Crippen molar-refractivity contribution in [2.75, 3.05) is 33.4 Å². The summed E-state index contributed by atoms with van der Waals surface area (Å²) in [7, 11) is 1.68. The fourth-order valence-corrected chi connectivity index (χ4v) is 1.61. The average molecular weight is 260 g/mol. The number of ether oxygens (including phenoxy) is 2. The standard InChI is InChI=1S/C13H28N2O3/c1-6-18-12(16)13(4,14)7-8-15(11(2)3)9-10-17-5/h11H,6-10,14H2,1-5H3. The highest BCUT2D eigenvalue weighted by atomic mass is 16.5.